The predicted molar refractivity (Wildman–Crippen MR) is 112 cm³/mol. The van der Waals surface area contributed by atoms with Crippen LogP contribution in [0.1, 0.15) is 107 Å². The Balaban J connectivity index is 1.53. The maximum absolute atomic E-state index is 12.5. The van der Waals surface area contributed by atoms with Crippen LogP contribution in [-0.2, 0) is 4.74 Å². The molecule has 0 saturated heterocycles. The van der Waals surface area contributed by atoms with Gasteiger partial charge in [-0.3, -0.25) is 0 Å². The minimum absolute atomic E-state index is 0.119. The molecule has 0 radical (unpaired) electrons. The van der Waals surface area contributed by atoms with Crippen LogP contribution < -0.4 is 0 Å². The van der Waals surface area contributed by atoms with Crippen molar-refractivity contribution in [1.29, 1.82) is 0 Å². The molecule has 0 aromatic heterocycles. The lowest BCUT2D eigenvalue weighted by molar-refractivity contribution is 0.0164. The highest BCUT2D eigenvalue weighted by molar-refractivity contribution is 5.89. The van der Waals surface area contributed by atoms with Crippen LogP contribution in [0, 0.1) is 17.8 Å². The van der Waals surface area contributed by atoms with Gasteiger partial charge >= 0.3 is 5.97 Å². The largest absolute Gasteiger partial charge is 0.459 e. The number of benzene rings is 1. The highest BCUT2D eigenvalue weighted by atomic mass is 16.5. The SMILES string of the molecule is CCCC1CCC(c2ccc(C(=O)OC3CCC(CC)CC3)cc2)C(C)C1. The third-order valence-corrected chi connectivity index (χ3v) is 7.19. The number of carbonyl (C=O) groups is 1. The van der Waals surface area contributed by atoms with Crippen molar-refractivity contribution in [2.75, 3.05) is 0 Å². The zero-order valence-corrected chi connectivity index (χ0v) is 17.6. The summed E-state index contributed by atoms with van der Waals surface area (Å²) in [6, 6.07) is 8.32. The van der Waals surface area contributed by atoms with E-state index in [1.165, 1.54) is 56.9 Å². The van der Waals surface area contributed by atoms with Crippen molar-refractivity contribution in [3.05, 3.63) is 35.4 Å². The second-order valence-electron chi connectivity index (χ2n) is 9.13. The van der Waals surface area contributed by atoms with E-state index in [1.807, 2.05) is 12.1 Å². The molecular weight excluding hydrogens is 332 g/mol. The number of ether oxygens (including phenoxy) is 1. The van der Waals surface area contributed by atoms with Crippen molar-refractivity contribution >= 4 is 5.97 Å². The van der Waals surface area contributed by atoms with Crippen LogP contribution in [0.5, 0.6) is 0 Å². The van der Waals surface area contributed by atoms with Gasteiger partial charge in [-0.25, -0.2) is 4.79 Å². The topological polar surface area (TPSA) is 26.3 Å². The molecule has 2 aliphatic rings. The summed E-state index contributed by atoms with van der Waals surface area (Å²) in [5, 5.41) is 0. The van der Waals surface area contributed by atoms with Gasteiger partial charge < -0.3 is 4.74 Å². The Bertz CT molecular complexity index is 583. The molecule has 3 unspecified atom stereocenters. The summed E-state index contributed by atoms with van der Waals surface area (Å²) in [6.45, 7) is 6.96. The van der Waals surface area contributed by atoms with Crippen LogP contribution in [0.25, 0.3) is 0 Å². The number of carbonyl (C=O) groups excluding carboxylic acids is 1. The summed E-state index contributed by atoms with van der Waals surface area (Å²) in [6.07, 6.45) is 12.5. The molecule has 1 aromatic rings. The molecule has 2 aliphatic carbocycles. The molecule has 0 amide bonds. The number of rotatable bonds is 6. The van der Waals surface area contributed by atoms with Crippen molar-refractivity contribution in [1.82, 2.24) is 0 Å². The maximum Gasteiger partial charge on any atom is 0.338 e. The first-order chi connectivity index (χ1) is 13.1. The van der Waals surface area contributed by atoms with E-state index in [0.717, 1.165) is 30.6 Å². The van der Waals surface area contributed by atoms with E-state index in [0.29, 0.717) is 11.5 Å². The second kappa shape index (κ2) is 9.75. The Morgan fingerprint density at radius 2 is 1.63 bits per heavy atom. The van der Waals surface area contributed by atoms with Crippen LogP contribution in [0.15, 0.2) is 24.3 Å². The zero-order valence-electron chi connectivity index (χ0n) is 17.6. The van der Waals surface area contributed by atoms with Crippen molar-refractivity contribution in [2.45, 2.75) is 97.0 Å². The second-order valence-corrected chi connectivity index (χ2v) is 9.13. The Labute approximate surface area is 166 Å². The first kappa shape index (κ1) is 20.4. The molecule has 3 rings (SSSR count). The summed E-state index contributed by atoms with van der Waals surface area (Å²) in [5.41, 5.74) is 2.11. The van der Waals surface area contributed by atoms with E-state index in [2.05, 4.69) is 32.9 Å². The lowest BCUT2D eigenvalue weighted by atomic mass is 9.71. The zero-order chi connectivity index (χ0) is 19.2. The monoisotopic (exact) mass is 370 g/mol. The Morgan fingerprint density at radius 3 is 2.22 bits per heavy atom. The van der Waals surface area contributed by atoms with Gasteiger partial charge in [-0.2, -0.15) is 0 Å². The summed E-state index contributed by atoms with van der Waals surface area (Å²) in [4.78, 5) is 12.5. The van der Waals surface area contributed by atoms with Crippen LogP contribution in [-0.4, -0.2) is 12.1 Å². The molecule has 2 nitrogen and oxygen atoms in total. The summed E-state index contributed by atoms with van der Waals surface area (Å²) < 4.78 is 5.78. The van der Waals surface area contributed by atoms with Crippen LogP contribution in [0.2, 0.25) is 0 Å². The summed E-state index contributed by atoms with van der Waals surface area (Å²) in [7, 11) is 0. The van der Waals surface area contributed by atoms with Crippen molar-refractivity contribution in [3.8, 4) is 0 Å². The van der Waals surface area contributed by atoms with Crippen LogP contribution in [0.4, 0.5) is 0 Å². The van der Waals surface area contributed by atoms with Crippen LogP contribution >= 0.6 is 0 Å². The fourth-order valence-corrected chi connectivity index (χ4v) is 5.42. The third-order valence-electron chi connectivity index (χ3n) is 7.19. The quantitative estimate of drug-likeness (QED) is 0.498. The minimum Gasteiger partial charge on any atom is -0.459 e. The fourth-order valence-electron chi connectivity index (χ4n) is 5.42. The van der Waals surface area contributed by atoms with E-state index < -0.39 is 0 Å². The van der Waals surface area contributed by atoms with E-state index >= 15 is 0 Å². The molecule has 0 N–H and O–H groups in total. The summed E-state index contributed by atoms with van der Waals surface area (Å²) >= 11 is 0. The molecule has 1 aromatic carbocycles. The average Bonchev–Trinajstić information content (AvgIpc) is 2.69. The highest BCUT2D eigenvalue weighted by Gasteiger charge is 2.28. The number of hydrogen-bond acceptors (Lipinski definition) is 2. The number of hydrogen-bond donors (Lipinski definition) is 0. The van der Waals surface area contributed by atoms with Gasteiger partial charge in [-0.05, 0) is 86.3 Å². The Hall–Kier alpha value is -1.31. The Morgan fingerprint density at radius 1 is 0.963 bits per heavy atom. The van der Waals surface area contributed by atoms with Gasteiger partial charge in [0.2, 0.25) is 0 Å². The van der Waals surface area contributed by atoms with E-state index in [9.17, 15) is 4.79 Å². The van der Waals surface area contributed by atoms with Crippen molar-refractivity contribution in [2.24, 2.45) is 17.8 Å². The molecule has 2 heteroatoms. The van der Waals surface area contributed by atoms with Gasteiger partial charge in [-0.15, -0.1) is 0 Å². The highest BCUT2D eigenvalue weighted by Crippen LogP contribution is 2.41. The molecule has 0 heterocycles. The first-order valence-corrected chi connectivity index (χ1v) is 11.4. The number of esters is 1. The van der Waals surface area contributed by atoms with Crippen molar-refractivity contribution < 1.29 is 9.53 Å². The van der Waals surface area contributed by atoms with Crippen LogP contribution in [0.3, 0.4) is 0 Å². The van der Waals surface area contributed by atoms with Gasteiger partial charge in [-0.1, -0.05) is 52.2 Å². The fraction of sp³-hybridized carbons (Fsp3) is 0.720. The molecule has 0 aliphatic heterocycles. The lowest BCUT2D eigenvalue weighted by Gasteiger charge is -2.34. The van der Waals surface area contributed by atoms with E-state index in [1.54, 1.807) is 0 Å². The smallest absolute Gasteiger partial charge is 0.338 e. The first-order valence-electron chi connectivity index (χ1n) is 11.4. The van der Waals surface area contributed by atoms with E-state index in [-0.39, 0.29) is 12.1 Å². The molecule has 3 atom stereocenters. The molecule has 27 heavy (non-hydrogen) atoms. The van der Waals surface area contributed by atoms with Gasteiger partial charge in [0.15, 0.2) is 0 Å². The summed E-state index contributed by atoms with van der Waals surface area (Å²) in [5.74, 6) is 2.99. The lowest BCUT2D eigenvalue weighted by Crippen LogP contribution is -2.24. The maximum atomic E-state index is 12.5. The van der Waals surface area contributed by atoms with Gasteiger partial charge in [0.25, 0.3) is 0 Å². The molecule has 2 fully saturated rings. The standard InChI is InChI=1S/C25H38O2/c1-4-6-20-9-16-24(18(3)17-20)21-10-12-22(13-11-21)25(26)27-23-14-7-19(5-2)8-15-23/h10-13,18-20,23-24H,4-9,14-17H2,1-3H3. The molecule has 0 bridgehead atoms. The molecular formula is C25H38O2. The molecule has 0 spiro atoms. The van der Waals surface area contributed by atoms with Crippen molar-refractivity contribution in [3.63, 3.8) is 0 Å². The molecule has 2 saturated carbocycles. The van der Waals surface area contributed by atoms with Gasteiger partial charge in [0, 0.05) is 0 Å². The predicted octanol–water partition coefficient (Wildman–Crippen LogP) is 7.13. The van der Waals surface area contributed by atoms with E-state index in [4.69, 9.17) is 4.74 Å². The normalized spacial score (nSPS) is 31.4. The van der Waals surface area contributed by atoms with Gasteiger partial charge in [0.1, 0.15) is 6.10 Å². The van der Waals surface area contributed by atoms with Gasteiger partial charge in [0.05, 0.1) is 5.56 Å². The average molecular weight is 371 g/mol. The Kier molecular flexibility index (Phi) is 7.38. The third kappa shape index (κ3) is 5.36. The molecule has 150 valence electrons. The minimum atomic E-state index is -0.138.